The Kier molecular flexibility index (Phi) is 5.94. The molecule has 27 heavy (non-hydrogen) atoms. The van der Waals surface area contributed by atoms with Crippen LogP contribution in [0.3, 0.4) is 0 Å². The van der Waals surface area contributed by atoms with Gasteiger partial charge in [-0.05, 0) is 35.7 Å². The van der Waals surface area contributed by atoms with Crippen LogP contribution in [0.5, 0.6) is 0 Å². The number of carbonyl (C=O) groups is 2. The Bertz CT molecular complexity index is 911. The van der Waals surface area contributed by atoms with Gasteiger partial charge in [0.25, 0.3) is 0 Å². The third-order valence-corrected chi connectivity index (χ3v) is 4.27. The molecule has 1 atom stereocenters. The monoisotopic (exact) mass is 360 g/mol. The Morgan fingerprint density at radius 1 is 1.00 bits per heavy atom. The smallest absolute Gasteiger partial charge is 0.339 e. The summed E-state index contributed by atoms with van der Waals surface area (Å²) in [5.41, 5.74) is 2.61. The summed E-state index contributed by atoms with van der Waals surface area (Å²) in [6.45, 7) is 0. The lowest BCUT2D eigenvalue weighted by Gasteiger charge is -2.18. The average molecular weight is 360 g/mol. The van der Waals surface area contributed by atoms with Crippen molar-refractivity contribution < 1.29 is 14.3 Å². The molecule has 0 aliphatic carbocycles. The lowest BCUT2D eigenvalue weighted by Crippen LogP contribution is -2.24. The molecule has 3 aromatic rings. The van der Waals surface area contributed by atoms with Crippen molar-refractivity contribution in [1.82, 2.24) is 4.98 Å². The number of para-hydroxylation sites is 1. The van der Waals surface area contributed by atoms with Gasteiger partial charge in [-0.15, -0.1) is 0 Å². The molecule has 2 aromatic carbocycles. The lowest BCUT2D eigenvalue weighted by atomic mass is 9.91. The largest absolute Gasteiger partial charge is 0.465 e. The summed E-state index contributed by atoms with van der Waals surface area (Å²) in [4.78, 5) is 29.2. The predicted octanol–water partition coefficient (Wildman–Crippen LogP) is 3.83. The molecule has 0 aliphatic rings. The molecule has 0 spiro atoms. The maximum atomic E-state index is 13.1. The van der Waals surface area contributed by atoms with Crippen molar-refractivity contribution in [3.8, 4) is 0 Å². The molecular formula is C22H20N2O3. The molecule has 0 aliphatic heterocycles. The first-order chi connectivity index (χ1) is 13.2. The number of amides is 1. The number of ether oxygens (including phenoxy) is 1. The SMILES string of the molecule is COC(=O)c1ccccc1NC(=O)C(Cc1cccnc1)c1ccccc1. The van der Waals surface area contributed by atoms with Gasteiger partial charge in [0.05, 0.1) is 24.3 Å². The van der Waals surface area contributed by atoms with Crippen molar-refractivity contribution in [2.24, 2.45) is 0 Å². The molecule has 5 nitrogen and oxygen atoms in total. The van der Waals surface area contributed by atoms with Gasteiger partial charge in [-0.25, -0.2) is 4.79 Å². The fourth-order valence-corrected chi connectivity index (χ4v) is 2.90. The highest BCUT2D eigenvalue weighted by molar-refractivity contribution is 6.03. The summed E-state index contributed by atoms with van der Waals surface area (Å²) in [6, 6.07) is 20.2. The van der Waals surface area contributed by atoms with Crippen LogP contribution in [0.15, 0.2) is 79.1 Å². The third kappa shape index (κ3) is 4.58. The van der Waals surface area contributed by atoms with E-state index in [9.17, 15) is 9.59 Å². The molecule has 136 valence electrons. The van der Waals surface area contributed by atoms with E-state index in [1.54, 1.807) is 36.7 Å². The molecular weight excluding hydrogens is 340 g/mol. The zero-order chi connectivity index (χ0) is 19.1. The van der Waals surface area contributed by atoms with E-state index in [2.05, 4.69) is 10.3 Å². The molecule has 3 rings (SSSR count). The van der Waals surface area contributed by atoms with E-state index in [-0.39, 0.29) is 5.91 Å². The van der Waals surface area contributed by atoms with E-state index in [1.807, 2.05) is 42.5 Å². The summed E-state index contributed by atoms with van der Waals surface area (Å²) in [5, 5.41) is 2.88. The second kappa shape index (κ2) is 8.76. The van der Waals surface area contributed by atoms with E-state index < -0.39 is 11.9 Å². The standard InChI is InChI=1S/C22H20N2O3/c1-27-22(26)18-11-5-6-12-20(18)24-21(25)19(17-9-3-2-4-10-17)14-16-8-7-13-23-15-16/h2-13,15,19H,14H2,1H3,(H,24,25). The fraction of sp³-hybridized carbons (Fsp3) is 0.136. The minimum absolute atomic E-state index is 0.193. The highest BCUT2D eigenvalue weighted by atomic mass is 16.5. The van der Waals surface area contributed by atoms with Crippen LogP contribution in [-0.4, -0.2) is 24.0 Å². The second-order valence-electron chi connectivity index (χ2n) is 6.06. The van der Waals surface area contributed by atoms with Gasteiger partial charge in [0.15, 0.2) is 0 Å². The number of hydrogen-bond acceptors (Lipinski definition) is 4. The predicted molar refractivity (Wildman–Crippen MR) is 104 cm³/mol. The maximum absolute atomic E-state index is 13.1. The molecule has 1 aromatic heterocycles. The Labute approximate surface area is 158 Å². The number of pyridine rings is 1. The van der Waals surface area contributed by atoms with E-state index in [1.165, 1.54) is 7.11 Å². The highest BCUT2D eigenvalue weighted by Gasteiger charge is 2.23. The number of methoxy groups -OCH3 is 1. The molecule has 0 radical (unpaired) electrons. The number of carbonyl (C=O) groups excluding carboxylic acids is 2. The van der Waals surface area contributed by atoms with Crippen LogP contribution in [0.25, 0.3) is 0 Å². The first-order valence-corrected chi connectivity index (χ1v) is 8.61. The molecule has 1 heterocycles. The summed E-state index contributed by atoms with van der Waals surface area (Å²) < 4.78 is 4.80. The van der Waals surface area contributed by atoms with Crippen molar-refractivity contribution >= 4 is 17.6 Å². The lowest BCUT2D eigenvalue weighted by molar-refractivity contribution is -0.117. The number of nitrogens with zero attached hydrogens (tertiary/aromatic N) is 1. The molecule has 5 heteroatoms. The summed E-state index contributed by atoms with van der Waals surface area (Å²) >= 11 is 0. The van der Waals surface area contributed by atoms with Crippen molar-refractivity contribution in [3.05, 3.63) is 95.8 Å². The molecule has 0 bridgehead atoms. The van der Waals surface area contributed by atoms with Crippen LogP contribution in [0.4, 0.5) is 5.69 Å². The summed E-state index contributed by atoms with van der Waals surface area (Å²) in [7, 11) is 1.32. The highest BCUT2D eigenvalue weighted by Crippen LogP contribution is 2.24. The van der Waals surface area contributed by atoms with Crippen molar-refractivity contribution in [3.63, 3.8) is 0 Å². The number of hydrogen-bond donors (Lipinski definition) is 1. The molecule has 1 unspecified atom stereocenters. The molecule has 1 amide bonds. The number of esters is 1. The van der Waals surface area contributed by atoms with Crippen molar-refractivity contribution in [1.29, 1.82) is 0 Å². The Balaban J connectivity index is 1.89. The fourth-order valence-electron chi connectivity index (χ4n) is 2.90. The van der Waals surface area contributed by atoms with Crippen LogP contribution in [0.2, 0.25) is 0 Å². The number of anilines is 1. The van der Waals surface area contributed by atoms with Gasteiger partial charge in [0.1, 0.15) is 0 Å². The van der Waals surface area contributed by atoms with Gasteiger partial charge in [-0.1, -0.05) is 48.5 Å². The minimum atomic E-state index is -0.491. The van der Waals surface area contributed by atoms with Gasteiger partial charge in [-0.3, -0.25) is 9.78 Å². The first-order valence-electron chi connectivity index (χ1n) is 8.61. The normalized spacial score (nSPS) is 11.4. The second-order valence-corrected chi connectivity index (χ2v) is 6.06. The number of benzene rings is 2. The van der Waals surface area contributed by atoms with Crippen LogP contribution in [0.1, 0.15) is 27.4 Å². The van der Waals surface area contributed by atoms with E-state index in [0.29, 0.717) is 17.7 Å². The summed E-state index contributed by atoms with van der Waals surface area (Å²) in [6.07, 6.45) is 3.96. The number of nitrogens with one attached hydrogen (secondary N) is 1. The average Bonchev–Trinajstić information content (AvgIpc) is 2.73. The third-order valence-electron chi connectivity index (χ3n) is 4.27. The Hall–Kier alpha value is -3.47. The Morgan fingerprint density at radius 3 is 2.44 bits per heavy atom. The molecule has 0 saturated heterocycles. The molecule has 0 fully saturated rings. The van der Waals surface area contributed by atoms with E-state index in [0.717, 1.165) is 11.1 Å². The Morgan fingerprint density at radius 2 is 1.74 bits per heavy atom. The zero-order valence-electron chi connectivity index (χ0n) is 15.0. The summed E-state index contributed by atoms with van der Waals surface area (Å²) in [5.74, 6) is -1.10. The van der Waals surface area contributed by atoms with Crippen LogP contribution < -0.4 is 5.32 Å². The van der Waals surface area contributed by atoms with Crippen molar-refractivity contribution in [2.75, 3.05) is 12.4 Å². The topological polar surface area (TPSA) is 68.3 Å². The van der Waals surface area contributed by atoms with Crippen LogP contribution in [0, 0.1) is 0 Å². The quantitative estimate of drug-likeness (QED) is 0.678. The van der Waals surface area contributed by atoms with Gasteiger partial charge in [0, 0.05) is 12.4 Å². The number of aromatic nitrogens is 1. The van der Waals surface area contributed by atoms with Crippen LogP contribution >= 0.6 is 0 Å². The maximum Gasteiger partial charge on any atom is 0.339 e. The van der Waals surface area contributed by atoms with Crippen molar-refractivity contribution in [2.45, 2.75) is 12.3 Å². The van der Waals surface area contributed by atoms with Crippen LogP contribution in [-0.2, 0) is 16.0 Å². The molecule has 0 saturated carbocycles. The first kappa shape index (κ1) is 18.3. The number of rotatable bonds is 6. The van der Waals surface area contributed by atoms with Gasteiger partial charge < -0.3 is 10.1 Å². The van der Waals surface area contributed by atoms with Gasteiger partial charge >= 0.3 is 5.97 Å². The minimum Gasteiger partial charge on any atom is -0.465 e. The van der Waals surface area contributed by atoms with E-state index in [4.69, 9.17) is 4.74 Å². The van der Waals surface area contributed by atoms with Gasteiger partial charge in [0.2, 0.25) is 5.91 Å². The zero-order valence-corrected chi connectivity index (χ0v) is 15.0. The van der Waals surface area contributed by atoms with E-state index >= 15 is 0 Å². The van der Waals surface area contributed by atoms with Gasteiger partial charge in [-0.2, -0.15) is 0 Å². The molecule has 1 N–H and O–H groups in total.